The van der Waals surface area contributed by atoms with Gasteiger partial charge in [-0.3, -0.25) is 0 Å². The van der Waals surface area contributed by atoms with Crippen LogP contribution < -0.4 is 5.32 Å². The van der Waals surface area contributed by atoms with E-state index in [-0.39, 0.29) is 6.42 Å². The van der Waals surface area contributed by atoms with Crippen molar-refractivity contribution in [3.05, 3.63) is 29.6 Å². The van der Waals surface area contributed by atoms with Gasteiger partial charge in [-0.2, -0.15) is 10.5 Å². The first kappa shape index (κ1) is 20.7. The molecule has 0 saturated carbocycles. The molecule has 0 aliphatic heterocycles. The third-order valence-corrected chi connectivity index (χ3v) is 3.74. The molecule has 0 spiro atoms. The molecule has 0 bridgehead atoms. The van der Waals surface area contributed by atoms with E-state index >= 15 is 0 Å². The second-order valence-electron chi connectivity index (χ2n) is 7.07. The minimum atomic E-state index is -1.09. The van der Waals surface area contributed by atoms with Crippen molar-refractivity contribution in [1.82, 2.24) is 14.9 Å². The lowest BCUT2D eigenvalue weighted by atomic mass is 10.2. The maximum atomic E-state index is 12.3. The van der Waals surface area contributed by atoms with Crippen LogP contribution in [-0.4, -0.2) is 39.9 Å². The van der Waals surface area contributed by atoms with Crippen molar-refractivity contribution < 1.29 is 19.1 Å². The quantitative estimate of drug-likeness (QED) is 0.781. The number of ether oxygens (including phenoxy) is 2. The predicted molar refractivity (Wildman–Crippen MR) is 98.9 cm³/mol. The summed E-state index contributed by atoms with van der Waals surface area (Å²) in [7, 11) is 1.77. The summed E-state index contributed by atoms with van der Waals surface area (Å²) in [5.74, 6) is -0.266. The smallest absolute Gasteiger partial charge is 0.408 e. The van der Waals surface area contributed by atoms with Gasteiger partial charge in [0.05, 0.1) is 22.7 Å². The largest absolute Gasteiger partial charge is 0.449 e. The molecule has 1 heterocycles. The average Bonchev–Trinajstić information content (AvgIpc) is 2.92. The van der Waals surface area contributed by atoms with Crippen LogP contribution in [0.4, 0.5) is 4.79 Å². The highest BCUT2D eigenvalue weighted by atomic mass is 16.6. The Hall–Kier alpha value is -3.59. The standard InChI is InChI=1S/C19H21N5O4/c1-19(2,3)28-18(26)23-14(17(25)27-8-7-20)10-16-22-13-9-12(11-21)5-6-15(13)24(16)4/h5-6,9,14H,8,10H2,1-4H3,(H,23,26)/t14-/m0/s1. The van der Waals surface area contributed by atoms with Gasteiger partial charge in [-0.05, 0) is 39.0 Å². The summed E-state index contributed by atoms with van der Waals surface area (Å²) in [6.45, 7) is 4.68. The fourth-order valence-corrected chi connectivity index (χ4v) is 2.53. The zero-order valence-electron chi connectivity index (χ0n) is 16.1. The number of benzene rings is 1. The SMILES string of the molecule is Cn1c(C[C@H](NC(=O)OC(C)(C)C)C(=O)OCC#N)nc2cc(C#N)ccc21. The van der Waals surface area contributed by atoms with Gasteiger partial charge in [-0.15, -0.1) is 0 Å². The highest BCUT2D eigenvalue weighted by Gasteiger charge is 2.27. The van der Waals surface area contributed by atoms with E-state index in [0.29, 0.717) is 16.9 Å². The van der Waals surface area contributed by atoms with Crippen molar-refractivity contribution in [3.63, 3.8) is 0 Å². The third kappa shape index (κ3) is 5.21. The number of alkyl carbamates (subject to hydrolysis) is 1. The van der Waals surface area contributed by atoms with Crippen LogP contribution >= 0.6 is 0 Å². The zero-order chi connectivity index (χ0) is 20.9. The number of aromatic nitrogens is 2. The summed E-state index contributed by atoms with van der Waals surface area (Å²) >= 11 is 0. The van der Waals surface area contributed by atoms with Gasteiger partial charge in [0.25, 0.3) is 0 Å². The molecule has 1 N–H and O–H groups in total. The lowest BCUT2D eigenvalue weighted by molar-refractivity contribution is -0.144. The monoisotopic (exact) mass is 383 g/mol. The number of nitriles is 2. The van der Waals surface area contributed by atoms with Crippen molar-refractivity contribution in [3.8, 4) is 12.1 Å². The Bertz CT molecular complexity index is 975. The third-order valence-electron chi connectivity index (χ3n) is 3.74. The summed E-state index contributed by atoms with van der Waals surface area (Å²) in [6.07, 6.45) is -0.756. The Kier molecular flexibility index (Phi) is 6.22. The van der Waals surface area contributed by atoms with E-state index in [1.165, 1.54) is 0 Å². The molecule has 146 valence electrons. The maximum Gasteiger partial charge on any atom is 0.408 e. The maximum absolute atomic E-state index is 12.3. The molecule has 9 nitrogen and oxygen atoms in total. The molecule has 0 saturated heterocycles. The fraction of sp³-hybridized carbons (Fsp3) is 0.421. The molecule has 1 atom stereocenters. The first-order valence-corrected chi connectivity index (χ1v) is 8.53. The summed E-state index contributed by atoms with van der Waals surface area (Å²) in [4.78, 5) is 28.9. The topological polar surface area (TPSA) is 130 Å². The molecule has 28 heavy (non-hydrogen) atoms. The molecule has 0 aliphatic carbocycles. The number of carbonyl (C=O) groups is 2. The fourth-order valence-electron chi connectivity index (χ4n) is 2.53. The Morgan fingerprint density at radius 3 is 2.64 bits per heavy atom. The van der Waals surface area contributed by atoms with Gasteiger partial charge in [0.2, 0.25) is 0 Å². The lowest BCUT2D eigenvalue weighted by Gasteiger charge is -2.22. The van der Waals surface area contributed by atoms with Gasteiger partial charge >= 0.3 is 12.1 Å². The number of fused-ring (bicyclic) bond motifs is 1. The highest BCUT2D eigenvalue weighted by molar-refractivity contribution is 5.82. The second-order valence-corrected chi connectivity index (χ2v) is 7.07. The number of amides is 1. The van der Waals surface area contributed by atoms with Crippen LogP contribution in [0.25, 0.3) is 11.0 Å². The minimum absolute atomic E-state index is 0.0244. The van der Waals surface area contributed by atoms with E-state index in [2.05, 4.69) is 16.4 Å². The molecular weight excluding hydrogens is 362 g/mol. The van der Waals surface area contributed by atoms with Crippen molar-refractivity contribution in [2.75, 3.05) is 6.61 Å². The average molecular weight is 383 g/mol. The second kappa shape index (κ2) is 8.40. The summed E-state index contributed by atoms with van der Waals surface area (Å²) in [5, 5.41) is 20.1. The van der Waals surface area contributed by atoms with E-state index < -0.39 is 30.3 Å². The van der Waals surface area contributed by atoms with Crippen LogP contribution in [-0.2, 0) is 27.7 Å². The predicted octanol–water partition coefficient (Wildman–Crippen LogP) is 1.95. The Balaban J connectivity index is 2.28. The minimum Gasteiger partial charge on any atom is -0.449 e. The molecule has 1 aromatic carbocycles. The highest BCUT2D eigenvalue weighted by Crippen LogP contribution is 2.18. The van der Waals surface area contributed by atoms with Crippen LogP contribution in [0.5, 0.6) is 0 Å². The zero-order valence-corrected chi connectivity index (χ0v) is 16.1. The normalized spacial score (nSPS) is 11.9. The number of rotatable bonds is 5. The van der Waals surface area contributed by atoms with E-state index in [1.807, 2.05) is 0 Å². The molecule has 0 fully saturated rings. The van der Waals surface area contributed by atoms with Crippen LogP contribution in [0.2, 0.25) is 0 Å². The molecule has 2 rings (SSSR count). The lowest BCUT2D eigenvalue weighted by Crippen LogP contribution is -2.45. The van der Waals surface area contributed by atoms with Crippen LogP contribution in [0.3, 0.4) is 0 Å². The molecule has 0 unspecified atom stereocenters. The van der Waals surface area contributed by atoms with Crippen LogP contribution in [0.1, 0.15) is 32.2 Å². The number of esters is 1. The van der Waals surface area contributed by atoms with Crippen molar-refractivity contribution in [2.24, 2.45) is 7.05 Å². The molecule has 9 heteroatoms. The van der Waals surface area contributed by atoms with Crippen molar-refractivity contribution in [2.45, 2.75) is 38.8 Å². The molecule has 1 amide bonds. The van der Waals surface area contributed by atoms with Crippen LogP contribution in [0.15, 0.2) is 18.2 Å². The number of carbonyl (C=O) groups excluding carboxylic acids is 2. The summed E-state index contributed by atoms with van der Waals surface area (Å²) < 4.78 is 11.8. The number of aryl methyl sites for hydroxylation is 1. The van der Waals surface area contributed by atoms with Gasteiger partial charge in [-0.25, -0.2) is 14.6 Å². The van der Waals surface area contributed by atoms with Gasteiger partial charge in [-0.1, -0.05) is 0 Å². The van der Waals surface area contributed by atoms with Gasteiger partial charge < -0.3 is 19.4 Å². The number of imidazole rings is 1. The first-order chi connectivity index (χ1) is 13.1. The Morgan fingerprint density at radius 1 is 1.32 bits per heavy atom. The molecule has 2 aromatic rings. The molecule has 0 radical (unpaired) electrons. The Labute approximate surface area is 162 Å². The van der Waals surface area contributed by atoms with Crippen LogP contribution in [0, 0.1) is 22.7 Å². The molecular formula is C19H21N5O4. The van der Waals surface area contributed by atoms with Gasteiger partial charge in [0, 0.05) is 13.5 Å². The van der Waals surface area contributed by atoms with Gasteiger partial charge in [0.15, 0.2) is 6.61 Å². The summed E-state index contributed by atoms with van der Waals surface area (Å²) in [6, 6.07) is 7.75. The molecule has 0 aliphatic rings. The first-order valence-electron chi connectivity index (χ1n) is 8.53. The number of nitrogens with zero attached hydrogens (tertiary/aromatic N) is 4. The van der Waals surface area contributed by atoms with Gasteiger partial charge in [0.1, 0.15) is 23.5 Å². The van der Waals surface area contributed by atoms with Crippen molar-refractivity contribution >= 4 is 23.1 Å². The number of hydrogen-bond donors (Lipinski definition) is 1. The Morgan fingerprint density at radius 2 is 2.04 bits per heavy atom. The van der Waals surface area contributed by atoms with E-state index in [9.17, 15) is 9.59 Å². The van der Waals surface area contributed by atoms with E-state index in [1.54, 1.807) is 56.7 Å². The number of nitrogens with one attached hydrogen (secondary N) is 1. The summed E-state index contributed by atoms with van der Waals surface area (Å²) in [5.41, 5.74) is 1.10. The van der Waals surface area contributed by atoms with E-state index in [4.69, 9.17) is 20.0 Å². The van der Waals surface area contributed by atoms with Crippen molar-refractivity contribution in [1.29, 1.82) is 10.5 Å². The number of hydrogen-bond acceptors (Lipinski definition) is 7. The van der Waals surface area contributed by atoms with E-state index in [0.717, 1.165) is 5.52 Å². The molecule has 1 aromatic heterocycles.